The van der Waals surface area contributed by atoms with E-state index in [1.165, 1.54) is 6.92 Å². The first-order chi connectivity index (χ1) is 7.09. The van der Waals surface area contributed by atoms with Gasteiger partial charge in [-0.1, -0.05) is 24.3 Å². The van der Waals surface area contributed by atoms with Gasteiger partial charge in [-0.05, 0) is 30.9 Å². The first-order valence-corrected chi connectivity index (χ1v) is 5.04. The predicted molar refractivity (Wildman–Crippen MR) is 56.5 cm³/mol. The summed E-state index contributed by atoms with van der Waals surface area (Å²) in [5.41, 5.74) is 1.65. The molecule has 1 unspecified atom stereocenters. The number of alkyl halides is 1. The Labute approximate surface area is 88.7 Å². The summed E-state index contributed by atoms with van der Waals surface area (Å²) in [5, 5.41) is 8.47. The van der Waals surface area contributed by atoms with Crippen molar-refractivity contribution in [3.05, 3.63) is 35.4 Å². The van der Waals surface area contributed by atoms with E-state index < -0.39 is 12.1 Å². The molecule has 2 nitrogen and oxygen atoms in total. The summed E-state index contributed by atoms with van der Waals surface area (Å²) < 4.78 is 13.0. The van der Waals surface area contributed by atoms with E-state index in [1.54, 1.807) is 12.1 Å². The second kappa shape index (κ2) is 5.49. The fourth-order valence-electron chi connectivity index (χ4n) is 1.44. The molecule has 0 aliphatic rings. The van der Waals surface area contributed by atoms with Crippen LogP contribution < -0.4 is 0 Å². The Balaban J connectivity index is 2.54. The summed E-state index contributed by atoms with van der Waals surface area (Å²) in [4.78, 5) is 10.3. The lowest BCUT2D eigenvalue weighted by atomic mass is 10.0. The van der Waals surface area contributed by atoms with Gasteiger partial charge in [0.25, 0.3) is 0 Å². The normalized spacial score (nSPS) is 12.4. The Morgan fingerprint density at radius 2 is 2.27 bits per heavy atom. The van der Waals surface area contributed by atoms with E-state index in [2.05, 4.69) is 0 Å². The summed E-state index contributed by atoms with van der Waals surface area (Å²) in [7, 11) is 0. The Bertz CT molecular complexity index is 334. The van der Waals surface area contributed by atoms with Gasteiger partial charge < -0.3 is 5.11 Å². The highest BCUT2D eigenvalue weighted by molar-refractivity contribution is 5.66. The van der Waals surface area contributed by atoms with E-state index in [0.29, 0.717) is 18.4 Å². The minimum atomic E-state index is -0.968. The largest absolute Gasteiger partial charge is 0.481 e. The van der Waals surface area contributed by atoms with Gasteiger partial charge in [0.2, 0.25) is 0 Å². The first kappa shape index (κ1) is 11.7. The molecule has 1 aromatic rings. The van der Waals surface area contributed by atoms with E-state index in [1.807, 2.05) is 12.1 Å². The molecule has 3 heteroatoms. The molecule has 0 aliphatic heterocycles. The number of hydrogen-bond acceptors (Lipinski definition) is 1. The summed E-state index contributed by atoms with van der Waals surface area (Å²) in [6, 6.07) is 7.24. The molecule has 15 heavy (non-hydrogen) atoms. The van der Waals surface area contributed by atoms with Crippen LogP contribution in [0.2, 0.25) is 0 Å². The Morgan fingerprint density at radius 3 is 2.87 bits per heavy atom. The predicted octanol–water partition coefficient (Wildman–Crippen LogP) is 3.12. The minimum absolute atomic E-state index is 0.162. The smallest absolute Gasteiger partial charge is 0.303 e. The molecule has 0 radical (unpaired) electrons. The number of carboxylic acids is 1. The third kappa shape index (κ3) is 4.11. The molecular weight excluding hydrogens is 195 g/mol. The molecule has 1 N–H and O–H groups in total. The van der Waals surface area contributed by atoms with Crippen molar-refractivity contribution in [2.24, 2.45) is 0 Å². The highest BCUT2D eigenvalue weighted by atomic mass is 19.1. The average molecular weight is 210 g/mol. The van der Waals surface area contributed by atoms with Crippen LogP contribution in [0.4, 0.5) is 4.39 Å². The van der Waals surface area contributed by atoms with Crippen molar-refractivity contribution in [1.82, 2.24) is 0 Å². The molecule has 0 fully saturated rings. The maximum Gasteiger partial charge on any atom is 0.303 e. The zero-order chi connectivity index (χ0) is 11.3. The van der Waals surface area contributed by atoms with Gasteiger partial charge in [0.05, 0.1) is 0 Å². The van der Waals surface area contributed by atoms with E-state index in [-0.39, 0.29) is 6.42 Å². The lowest BCUT2D eigenvalue weighted by molar-refractivity contribution is -0.137. The second-order valence-corrected chi connectivity index (χ2v) is 3.61. The maximum absolute atomic E-state index is 13.0. The molecule has 82 valence electrons. The topological polar surface area (TPSA) is 37.3 Å². The van der Waals surface area contributed by atoms with Crippen LogP contribution in [0.3, 0.4) is 0 Å². The maximum atomic E-state index is 13.0. The van der Waals surface area contributed by atoms with Crippen molar-refractivity contribution in [3.8, 4) is 0 Å². The Morgan fingerprint density at radius 1 is 1.53 bits per heavy atom. The average Bonchev–Trinajstić information content (AvgIpc) is 2.17. The van der Waals surface area contributed by atoms with Gasteiger partial charge in [0.15, 0.2) is 0 Å². The molecule has 1 atom stereocenters. The number of carboxylic acid groups (broad SMARTS) is 1. The molecule has 0 bridgehead atoms. The molecule has 0 saturated carbocycles. The van der Waals surface area contributed by atoms with Gasteiger partial charge in [0.1, 0.15) is 6.17 Å². The van der Waals surface area contributed by atoms with Crippen LogP contribution in [0.25, 0.3) is 0 Å². The van der Waals surface area contributed by atoms with E-state index in [4.69, 9.17) is 5.11 Å². The number of hydrogen-bond donors (Lipinski definition) is 1. The van der Waals surface area contributed by atoms with Crippen molar-refractivity contribution in [2.75, 3.05) is 0 Å². The lowest BCUT2D eigenvalue weighted by Gasteiger charge is -2.05. The van der Waals surface area contributed by atoms with Crippen LogP contribution in [-0.4, -0.2) is 11.1 Å². The van der Waals surface area contributed by atoms with Crippen molar-refractivity contribution in [2.45, 2.75) is 32.4 Å². The van der Waals surface area contributed by atoms with E-state index in [9.17, 15) is 9.18 Å². The van der Waals surface area contributed by atoms with Gasteiger partial charge in [-0.15, -0.1) is 0 Å². The quantitative estimate of drug-likeness (QED) is 0.810. The number of halogens is 1. The van der Waals surface area contributed by atoms with Crippen molar-refractivity contribution < 1.29 is 14.3 Å². The van der Waals surface area contributed by atoms with Crippen LogP contribution >= 0.6 is 0 Å². The molecular formula is C12H15FO2. The number of aryl methyl sites for hydroxylation is 1. The number of rotatable bonds is 5. The minimum Gasteiger partial charge on any atom is -0.481 e. The molecule has 1 rings (SSSR count). The molecule has 0 aromatic heterocycles. The van der Waals surface area contributed by atoms with E-state index >= 15 is 0 Å². The van der Waals surface area contributed by atoms with Crippen molar-refractivity contribution >= 4 is 5.97 Å². The highest BCUT2D eigenvalue weighted by Gasteiger charge is 2.03. The van der Waals surface area contributed by atoms with Gasteiger partial charge >= 0.3 is 5.97 Å². The SMILES string of the molecule is CC(F)c1cccc(CCCC(=O)O)c1. The first-order valence-electron chi connectivity index (χ1n) is 5.04. The van der Waals surface area contributed by atoms with Gasteiger partial charge in [-0.25, -0.2) is 4.39 Å². The monoisotopic (exact) mass is 210 g/mol. The van der Waals surface area contributed by atoms with Crippen LogP contribution in [-0.2, 0) is 11.2 Å². The molecule has 0 heterocycles. The van der Waals surface area contributed by atoms with Crippen LogP contribution in [0.15, 0.2) is 24.3 Å². The molecule has 0 saturated heterocycles. The molecule has 1 aromatic carbocycles. The van der Waals surface area contributed by atoms with Crippen molar-refractivity contribution in [1.29, 1.82) is 0 Å². The van der Waals surface area contributed by atoms with E-state index in [0.717, 1.165) is 5.56 Å². The highest BCUT2D eigenvalue weighted by Crippen LogP contribution is 2.18. The number of aliphatic carboxylic acids is 1. The summed E-state index contributed by atoms with van der Waals surface area (Å²) in [5.74, 6) is -0.787. The molecule has 0 aliphatic carbocycles. The standard InChI is InChI=1S/C12H15FO2/c1-9(13)11-6-2-4-10(8-11)5-3-7-12(14)15/h2,4,6,8-9H,3,5,7H2,1H3,(H,14,15). The number of carbonyl (C=O) groups is 1. The Hall–Kier alpha value is -1.38. The second-order valence-electron chi connectivity index (χ2n) is 3.61. The zero-order valence-corrected chi connectivity index (χ0v) is 8.74. The van der Waals surface area contributed by atoms with Crippen LogP contribution in [0.5, 0.6) is 0 Å². The molecule has 0 amide bonds. The fourth-order valence-corrected chi connectivity index (χ4v) is 1.44. The van der Waals surface area contributed by atoms with Crippen LogP contribution in [0, 0.1) is 0 Å². The van der Waals surface area contributed by atoms with Gasteiger partial charge in [0, 0.05) is 6.42 Å². The lowest BCUT2D eigenvalue weighted by Crippen LogP contribution is -1.96. The van der Waals surface area contributed by atoms with Gasteiger partial charge in [-0.3, -0.25) is 4.79 Å². The van der Waals surface area contributed by atoms with Gasteiger partial charge in [-0.2, -0.15) is 0 Å². The van der Waals surface area contributed by atoms with Crippen LogP contribution in [0.1, 0.15) is 37.1 Å². The zero-order valence-electron chi connectivity index (χ0n) is 8.74. The molecule has 0 spiro atoms. The van der Waals surface area contributed by atoms with Crippen molar-refractivity contribution in [3.63, 3.8) is 0 Å². The Kier molecular flexibility index (Phi) is 4.28. The third-order valence-corrected chi connectivity index (χ3v) is 2.27. The number of benzene rings is 1. The summed E-state index contributed by atoms with van der Waals surface area (Å²) in [6.45, 7) is 1.50. The fraction of sp³-hybridized carbons (Fsp3) is 0.417. The summed E-state index contributed by atoms with van der Waals surface area (Å²) >= 11 is 0. The summed E-state index contributed by atoms with van der Waals surface area (Å²) in [6.07, 6.45) is 0.478. The third-order valence-electron chi connectivity index (χ3n) is 2.27.